The van der Waals surface area contributed by atoms with E-state index in [1.807, 2.05) is 12.1 Å². The first-order valence-electron chi connectivity index (χ1n) is 8.65. The minimum absolute atomic E-state index is 0.00539. The van der Waals surface area contributed by atoms with Crippen LogP contribution < -0.4 is 4.74 Å². The van der Waals surface area contributed by atoms with E-state index in [0.29, 0.717) is 24.1 Å². The molecule has 1 saturated heterocycles. The van der Waals surface area contributed by atoms with Gasteiger partial charge >= 0.3 is 5.97 Å². The van der Waals surface area contributed by atoms with Crippen molar-refractivity contribution >= 4 is 5.97 Å². The fourth-order valence-corrected chi connectivity index (χ4v) is 2.89. The van der Waals surface area contributed by atoms with Crippen molar-refractivity contribution in [3.05, 3.63) is 29.8 Å². The van der Waals surface area contributed by atoms with E-state index in [1.165, 1.54) is 0 Å². The highest BCUT2D eigenvalue weighted by Crippen LogP contribution is 2.24. The Morgan fingerprint density at radius 3 is 2.61 bits per heavy atom. The maximum atomic E-state index is 12.3. The second-order valence-electron chi connectivity index (χ2n) is 6.67. The Kier molecular flexibility index (Phi) is 6.46. The smallest absolute Gasteiger partial charge is 0.338 e. The Morgan fingerprint density at radius 2 is 1.96 bits per heavy atom. The minimum atomic E-state index is -0.237. The number of rotatable bonds is 6. The number of hydrogen-bond acceptors (Lipinski definition) is 4. The molecule has 1 fully saturated rings. The third-order valence-corrected chi connectivity index (χ3v) is 4.65. The number of benzene rings is 1. The van der Waals surface area contributed by atoms with E-state index in [0.717, 1.165) is 31.6 Å². The third kappa shape index (κ3) is 4.96. The predicted molar refractivity (Wildman–Crippen MR) is 91.9 cm³/mol. The molecule has 1 aliphatic rings. The molecule has 0 N–H and O–H groups in total. The summed E-state index contributed by atoms with van der Waals surface area (Å²) in [5, 5.41) is 0. The Morgan fingerprint density at radius 1 is 1.26 bits per heavy atom. The molecule has 2 rings (SSSR count). The zero-order chi connectivity index (χ0) is 16.8. The largest absolute Gasteiger partial charge is 0.494 e. The lowest BCUT2D eigenvalue weighted by molar-refractivity contribution is -0.0196. The first-order valence-corrected chi connectivity index (χ1v) is 8.65. The van der Waals surface area contributed by atoms with Crippen LogP contribution in [-0.2, 0) is 4.74 Å². The molecule has 0 aromatic heterocycles. The molecule has 23 heavy (non-hydrogen) atoms. The number of unbranched alkanes of at least 4 members (excludes halogenated alkanes) is 1. The van der Waals surface area contributed by atoms with Gasteiger partial charge in [0.05, 0.1) is 12.2 Å². The van der Waals surface area contributed by atoms with Crippen LogP contribution in [0, 0.1) is 5.92 Å². The molecule has 3 atom stereocenters. The predicted octanol–water partition coefficient (Wildman–Crippen LogP) is 3.75. The number of carbonyl (C=O) groups is 1. The summed E-state index contributed by atoms with van der Waals surface area (Å²) in [4.78, 5) is 14.7. The van der Waals surface area contributed by atoms with Crippen molar-refractivity contribution < 1.29 is 14.3 Å². The average Bonchev–Trinajstić information content (AvgIpc) is 2.53. The molecule has 1 heterocycles. The first kappa shape index (κ1) is 17.8. The molecule has 0 amide bonds. The summed E-state index contributed by atoms with van der Waals surface area (Å²) >= 11 is 0. The van der Waals surface area contributed by atoms with Crippen LogP contribution in [0.2, 0.25) is 0 Å². The van der Waals surface area contributed by atoms with Gasteiger partial charge in [0.2, 0.25) is 0 Å². The number of esters is 1. The summed E-state index contributed by atoms with van der Waals surface area (Å²) in [7, 11) is 2.12. The number of carbonyl (C=O) groups excluding carboxylic acids is 1. The highest BCUT2D eigenvalue weighted by atomic mass is 16.5. The normalized spacial score (nSPS) is 25.1. The van der Waals surface area contributed by atoms with Gasteiger partial charge in [0.1, 0.15) is 11.9 Å². The summed E-state index contributed by atoms with van der Waals surface area (Å²) in [6, 6.07) is 7.69. The molecule has 0 saturated carbocycles. The molecule has 0 bridgehead atoms. The van der Waals surface area contributed by atoms with E-state index in [2.05, 4.69) is 32.7 Å². The van der Waals surface area contributed by atoms with Gasteiger partial charge in [0, 0.05) is 18.5 Å². The summed E-state index contributed by atoms with van der Waals surface area (Å²) in [5.74, 6) is 0.923. The van der Waals surface area contributed by atoms with Crippen LogP contribution in [0.3, 0.4) is 0 Å². The van der Waals surface area contributed by atoms with Gasteiger partial charge in [-0.25, -0.2) is 4.79 Å². The van der Waals surface area contributed by atoms with E-state index in [4.69, 9.17) is 9.47 Å². The van der Waals surface area contributed by atoms with Gasteiger partial charge in [-0.05, 0) is 51.1 Å². The van der Waals surface area contributed by atoms with Crippen molar-refractivity contribution in [2.24, 2.45) is 5.92 Å². The number of likely N-dealkylation sites (tertiary alicyclic amines) is 1. The monoisotopic (exact) mass is 319 g/mol. The molecule has 1 aromatic rings. The molecule has 4 nitrogen and oxygen atoms in total. The summed E-state index contributed by atoms with van der Waals surface area (Å²) < 4.78 is 11.4. The topological polar surface area (TPSA) is 38.8 Å². The zero-order valence-electron chi connectivity index (χ0n) is 14.7. The zero-order valence-corrected chi connectivity index (χ0v) is 14.7. The summed E-state index contributed by atoms with van der Waals surface area (Å²) in [6.45, 7) is 8.13. The van der Waals surface area contributed by atoms with Crippen LogP contribution in [-0.4, -0.2) is 43.2 Å². The van der Waals surface area contributed by atoms with E-state index < -0.39 is 0 Å². The molecule has 128 valence electrons. The van der Waals surface area contributed by atoms with Gasteiger partial charge in [-0.15, -0.1) is 0 Å². The Bertz CT molecular complexity index is 500. The molecular formula is C19H29NO3. The maximum absolute atomic E-state index is 12.3. The Hall–Kier alpha value is -1.55. The second-order valence-corrected chi connectivity index (χ2v) is 6.67. The lowest BCUT2D eigenvalue weighted by Crippen LogP contribution is -2.46. The molecule has 0 radical (unpaired) electrons. The van der Waals surface area contributed by atoms with Gasteiger partial charge < -0.3 is 14.4 Å². The molecule has 1 aromatic carbocycles. The van der Waals surface area contributed by atoms with Crippen LogP contribution >= 0.6 is 0 Å². The molecule has 0 aliphatic carbocycles. The lowest BCUT2D eigenvalue weighted by Gasteiger charge is -2.39. The standard InChI is InChI=1S/C19H29NO3/c1-5-6-11-22-17-9-7-16(8-10-17)19(21)23-18-12-15(3)20(4)13-14(18)2/h7-10,14-15,18H,5-6,11-13H2,1-4H3/t14-,15-,18-/m1/s1. The van der Waals surface area contributed by atoms with Crippen molar-refractivity contribution in [1.82, 2.24) is 4.90 Å². The number of piperidine rings is 1. The first-order chi connectivity index (χ1) is 11.0. The minimum Gasteiger partial charge on any atom is -0.494 e. The van der Waals surface area contributed by atoms with E-state index >= 15 is 0 Å². The van der Waals surface area contributed by atoms with Gasteiger partial charge in [-0.2, -0.15) is 0 Å². The number of ether oxygens (including phenoxy) is 2. The van der Waals surface area contributed by atoms with Crippen LogP contribution in [0.5, 0.6) is 5.75 Å². The SMILES string of the molecule is CCCCOc1ccc(C(=O)O[C@@H]2C[C@@H](C)N(C)C[C@H]2C)cc1. The van der Waals surface area contributed by atoms with Crippen molar-refractivity contribution in [3.63, 3.8) is 0 Å². The van der Waals surface area contributed by atoms with Gasteiger partial charge in [-0.3, -0.25) is 0 Å². The highest BCUT2D eigenvalue weighted by Gasteiger charge is 2.31. The van der Waals surface area contributed by atoms with Crippen LogP contribution in [0.15, 0.2) is 24.3 Å². The maximum Gasteiger partial charge on any atom is 0.338 e. The van der Waals surface area contributed by atoms with Gasteiger partial charge in [0.15, 0.2) is 0 Å². The van der Waals surface area contributed by atoms with E-state index in [-0.39, 0.29) is 12.1 Å². The lowest BCUT2D eigenvalue weighted by atomic mass is 9.92. The quantitative estimate of drug-likeness (QED) is 0.591. The number of nitrogens with zero attached hydrogens (tertiary/aromatic N) is 1. The fourth-order valence-electron chi connectivity index (χ4n) is 2.89. The summed E-state index contributed by atoms with van der Waals surface area (Å²) in [6.07, 6.45) is 3.03. The molecule has 1 aliphatic heterocycles. The van der Waals surface area contributed by atoms with Crippen LogP contribution in [0.4, 0.5) is 0 Å². The average molecular weight is 319 g/mol. The molecule has 4 heteroatoms. The Balaban J connectivity index is 1.90. The highest BCUT2D eigenvalue weighted by molar-refractivity contribution is 5.89. The van der Waals surface area contributed by atoms with Gasteiger partial charge in [0.25, 0.3) is 0 Å². The Labute approximate surface area is 139 Å². The number of hydrogen-bond donors (Lipinski definition) is 0. The fraction of sp³-hybridized carbons (Fsp3) is 0.632. The van der Waals surface area contributed by atoms with Crippen molar-refractivity contribution in [2.75, 3.05) is 20.2 Å². The van der Waals surface area contributed by atoms with Crippen LogP contribution in [0.25, 0.3) is 0 Å². The molecular weight excluding hydrogens is 290 g/mol. The summed E-state index contributed by atoms with van der Waals surface area (Å²) in [5.41, 5.74) is 0.589. The van der Waals surface area contributed by atoms with Crippen molar-refractivity contribution in [2.45, 2.75) is 52.2 Å². The van der Waals surface area contributed by atoms with Crippen molar-refractivity contribution in [3.8, 4) is 5.75 Å². The third-order valence-electron chi connectivity index (χ3n) is 4.65. The van der Waals surface area contributed by atoms with E-state index in [9.17, 15) is 4.79 Å². The molecule has 0 spiro atoms. The molecule has 0 unspecified atom stereocenters. The van der Waals surface area contributed by atoms with Gasteiger partial charge in [-0.1, -0.05) is 20.3 Å². The second kappa shape index (κ2) is 8.34. The van der Waals surface area contributed by atoms with Crippen LogP contribution in [0.1, 0.15) is 50.4 Å². The van der Waals surface area contributed by atoms with Crippen molar-refractivity contribution in [1.29, 1.82) is 0 Å². The van der Waals surface area contributed by atoms with E-state index in [1.54, 1.807) is 12.1 Å².